The summed E-state index contributed by atoms with van der Waals surface area (Å²) in [5.74, 6) is -1.43. The molecule has 0 saturated heterocycles. The predicted molar refractivity (Wildman–Crippen MR) is 114 cm³/mol. The highest BCUT2D eigenvalue weighted by Gasteiger charge is 2.34. The number of allylic oxidation sites excluding steroid dienone is 4. The summed E-state index contributed by atoms with van der Waals surface area (Å²) < 4.78 is 4.38. The van der Waals surface area contributed by atoms with E-state index in [2.05, 4.69) is 45.8 Å². The number of esters is 1. The van der Waals surface area contributed by atoms with E-state index in [4.69, 9.17) is 0 Å². The first-order chi connectivity index (χ1) is 13.0. The largest absolute Gasteiger partial charge is 0.465 e. The van der Waals surface area contributed by atoms with Gasteiger partial charge in [-0.25, -0.2) is 4.79 Å². The molecular formula is C22H37BrO4. The van der Waals surface area contributed by atoms with Crippen molar-refractivity contribution < 1.29 is 19.7 Å². The molecule has 156 valence electrons. The van der Waals surface area contributed by atoms with Crippen LogP contribution in [0.2, 0.25) is 0 Å². The number of carbonyl (C=O) groups excluding carboxylic acids is 1. The van der Waals surface area contributed by atoms with Gasteiger partial charge in [0.15, 0.2) is 0 Å². The lowest BCUT2D eigenvalue weighted by Gasteiger charge is -2.20. The molecule has 0 unspecified atom stereocenters. The highest BCUT2D eigenvalue weighted by molar-refractivity contribution is 9.09. The van der Waals surface area contributed by atoms with Gasteiger partial charge in [0.25, 0.3) is 5.79 Å². The van der Waals surface area contributed by atoms with E-state index >= 15 is 0 Å². The molecule has 0 amide bonds. The van der Waals surface area contributed by atoms with Crippen molar-refractivity contribution in [2.45, 2.75) is 76.9 Å². The van der Waals surface area contributed by atoms with Crippen LogP contribution in [0.4, 0.5) is 0 Å². The van der Waals surface area contributed by atoms with Gasteiger partial charge in [-0.15, -0.1) is 0 Å². The minimum Gasteiger partial charge on any atom is -0.465 e. The molecule has 1 rings (SSSR count). The Morgan fingerprint density at radius 2 is 1.85 bits per heavy atom. The smallest absolute Gasteiger partial charge is 0.366 e. The van der Waals surface area contributed by atoms with Gasteiger partial charge in [0.2, 0.25) is 0 Å². The van der Waals surface area contributed by atoms with Crippen molar-refractivity contribution in [3.8, 4) is 0 Å². The number of ether oxygens (including phenoxy) is 1. The summed E-state index contributed by atoms with van der Waals surface area (Å²) in [7, 11) is 1.15. The van der Waals surface area contributed by atoms with Gasteiger partial charge in [-0.1, -0.05) is 66.4 Å². The number of rotatable bonds is 13. The van der Waals surface area contributed by atoms with Crippen molar-refractivity contribution in [3.63, 3.8) is 0 Å². The van der Waals surface area contributed by atoms with E-state index in [0.29, 0.717) is 24.2 Å². The topological polar surface area (TPSA) is 66.8 Å². The molecule has 2 N–H and O–H groups in total. The fraction of sp³-hybridized carbons (Fsp3) is 0.773. The average molecular weight is 445 g/mol. The summed E-state index contributed by atoms with van der Waals surface area (Å²) in [6, 6.07) is 0. The molecule has 4 nitrogen and oxygen atoms in total. The van der Waals surface area contributed by atoms with Gasteiger partial charge in [-0.2, -0.15) is 0 Å². The van der Waals surface area contributed by atoms with Crippen LogP contribution in [0, 0.1) is 17.8 Å². The molecule has 0 aromatic rings. The third-order valence-corrected chi connectivity index (χ3v) is 6.39. The number of hydrogen-bond acceptors (Lipinski definition) is 4. The van der Waals surface area contributed by atoms with E-state index in [1.54, 1.807) is 0 Å². The van der Waals surface area contributed by atoms with Crippen LogP contribution in [-0.4, -0.2) is 34.4 Å². The first-order valence-electron chi connectivity index (χ1n) is 10.4. The van der Waals surface area contributed by atoms with Crippen LogP contribution in [0.3, 0.4) is 0 Å². The lowest BCUT2D eigenvalue weighted by atomic mass is 9.87. The zero-order valence-corrected chi connectivity index (χ0v) is 18.5. The SMILES string of the molecule is CCCCCC/C=C/[C@H]1[C@H](CBr)CC[C@@H]1C/C=C\CCC(O)(O)C(=O)OC. The molecular weight excluding hydrogens is 408 g/mol. The van der Waals surface area contributed by atoms with E-state index in [0.717, 1.165) is 18.9 Å². The number of alkyl halides is 1. The van der Waals surface area contributed by atoms with E-state index in [1.165, 1.54) is 44.9 Å². The Hall–Kier alpha value is -0.650. The molecule has 0 bridgehead atoms. The molecule has 0 aromatic carbocycles. The van der Waals surface area contributed by atoms with Gasteiger partial charge in [0.05, 0.1) is 7.11 Å². The molecule has 0 aliphatic heterocycles. The van der Waals surface area contributed by atoms with Crippen molar-refractivity contribution in [1.29, 1.82) is 0 Å². The fourth-order valence-electron chi connectivity index (χ4n) is 3.85. The van der Waals surface area contributed by atoms with Crippen LogP contribution < -0.4 is 0 Å². The minimum absolute atomic E-state index is 0.0496. The predicted octanol–water partition coefficient (Wildman–Crippen LogP) is 5.13. The Morgan fingerprint density at radius 1 is 1.11 bits per heavy atom. The summed E-state index contributed by atoms with van der Waals surface area (Å²) in [5.41, 5.74) is 0. The van der Waals surface area contributed by atoms with Gasteiger partial charge in [-0.05, 0) is 56.3 Å². The maximum absolute atomic E-state index is 11.2. The zero-order valence-electron chi connectivity index (χ0n) is 16.9. The van der Waals surface area contributed by atoms with Gasteiger partial charge in [-0.3, -0.25) is 0 Å². The van der Waals surface area contributed by atoms with E-state index in [1.807, 2.05) is 6.08 Å². The summed E-state index contributed by atoms with van der Waals surface area (Å²) in [4.78, 5) is 11.2. The van der Waals surface area contributed by atoms with Crippen LogP contribution in [0.25, 0.3) is 0 Å². The van der Waals surface area contributed by atoms with Crippen LogP contribution in [-0.2, 0) is 9.53 Å². The Kier molecular flexibility index (Phi) is 12.2. The molecule has 1 aliphatic rings. The molecule has 1 aliphatic carbocycles. The number of aliphatic hydroxyl groups is 2. The molecule has 0 radical (unpaired) electrons. The van der Waals surface area contributed by atoms with Crippen molar-refractivity contribution in [3.05, 3.63) is 24.3 Å². The third kappa shape index (κ3) is 8.93. The van der Waals surface area contributed by atoms with Crippen molar-refractivity contribution in [2.75, 3.05) is 12.4 Å². The molecule has 27 heavy (non-hydrogen) atoms. The summed E-state index contributed by atoms with van der Waals surface area (Å²) in [6.07, 6.45) is 19.1. The number of hydrogen-bond donors (Lipinski definition) is 2. The standard InChI is InChI=1S/C22H37BrO4/c1-3-4-5-6-7-10-13-20-18(14-15-19(20)17-23)12-9-8-11-16-22(25,26)21(24)27-2/h8-10,13,18-20,25-26H,3-7,11-12,14-17H2,1-2H3/b9-8-,13-10+/t18-,19-,20+/m0/s1. The molecule has 1 saturated carbocycles. The van der Waals surface area contributed by atoms with Gasteiger partial charge >= 0.3 is 5.97 Å². The molecule has 0 aromatic heterocycles. The van der Waals surface area contributed by atoms with Gasteiger partial charge in [0.1, 0.15) is 0 Å². The normalized spacial score (nSPS) is 23.5. The third-order valence-electron chi connectivity index (χ3n) is 5.56. The molecule has 5 heteroatoms. The lowest BCUT2D eigenvalue weighted by molar-refractivity contribution is -0.208. The molecule has 0 heterocycles. The van der Waals surface area contributed by atoms with Crippen molar-refractivity contribution in [1.82, 2.24) is 0 Å². The quantitative estimate of drug-likeness (QED) is 0.136. The number of unbranched alkanes of at least 4 members (excludes halogenated alkanes) is 4. The van der Waals surface area contributed by atoms with Crippen LogP contribution in [0.1, 0.15) is 71.1 Å². The Labute approximate surface area is 173 Å². The number of carbonyl (C=O) groups is 1. The summed E-state index contributed by atoms with van der Waals surface area (Å²) in [5, 5.41) is 20.3. The van der Waals surface area contributed by atoms with Crippen LogP contribution in [0.15, 0.2) is 24.3 Å². The van der Waals surface area contributed by atoms with E-state index in [-0.39, 0.29) is 6.42 Å². The Morgan fingerprint density at radius 3 is 2.52 bits per heavy atom. The van der Waals surface area contributed by atoms with Crippen molar-refractivity contribution >= 4 is 21.9 Å². The summed E-state index contributed by atoms with van der Waals surface area (Å²) >= 11 is 3.67. The molecule has 3 atom stereocenters. The molecule has 1 fully saturated rings. The first-order valence-corrected chi connectivity index (χ1v) is 11.5. The maximum atomic E-state index is 11.2. The average Bonchev–Trinajstić information content (AvgIpc) is 3.05. The van der Waals surface area contributed by atoms with Crippen molar-refractivity contribution in [2.24, 2.45) is 17.8 Å². The molecule has 0 spiro atoms. The fourth-order valence-corrected chi connectivity index (χ4v) is 4.60. The second-order valence-corrected chi connectivity index (χ2v) is 8.31. The second kappa shape index (κ2) is 13.5. The van der Waals surface area contributed by atoms with Gasteiger partial charge in [0, 0.05) is 11.8 Å². The summed E-state index contributed by atoms with van der Waals surface area (Å²) in [6.45, 7) is 2.24. The monoisotopic (exact) mass is 444 g/mol. The highest BCUT2D eigenvalue weighted by atomic mass is 79.9. The first kappa shape index (κ1) is 24.4. The minimum atomic E-state index is -2.39. The zero-order chi connectivity index (χ0) is 20.1. The van der Waals surface area contributed by atoms with E-state index < -0.39 is 11.8 Å². The Bertz CT molecular complexity index is 473. The maximum Gasteiger partial charge on any atom is 0.366 e. The highest BCUT2D eigenvalue weighted by Crippen LogP contribution is 2.41. The Balaban J connectivity index is 2.42. The lowest BCUT2D eigenvalue weighted by Crippen LogP contribution is -2.39. The van der Waals surface area contributed by atoms with Gasteiger partial charge < -0.3 is 14.9 Å². The van der Waals surface area contributed by atoms with Crippen LogP contribution >= 0.6 is 15.9 Å². The van der Waals surface area contributed by atoms with Crippen LogP contribution in [0.5, 0.6) is 0 Å². The number of halogens is 1. The second-order valence-electron chi connectivity index (χ2n) is 7.66. The van der Waals surface area contributed by atoms with E-state index in [9.17, 15) is 15.0 Å². The number of methoxy groups -OCH3 is 1.